The predicted molar refractivity (Wildman–Crippen MR) is 128 cm³/mol. The van der Waals surface area contributed by atoms with Crippen LogP contribution >= 0.6 is 0 Å². The van der Waals surface area contributed by atoms with Gasteiger partial charge in [0.15, 0.2) is 0 Å². The molecule has 6 atom stereocenters. The van der Waals surface area contributed by atoms with Crippen LogP contribution in [0.15, 0.2) is 25.3 Å². The molecular weight excluding hydrogens is 436 g/mol. The third-order valence-corrected chi connectivity index (χ3v) is 7.38. The van der Waals surface area contributed by atoms with E-state index in [2.05, 4.69) is 20.1 Å². The Morgan fingerprint density at radius 2 is 2.09 bits per heavy atom. The Balaban J connectivity index is 2.05. The summed E-state index contributed by atoms with van der Waals surface area (Å²) in [6, 6.07) is -1.43. The average Bonchev–Trinajstić information content (AvgIpc) is 3.45. The summed E-state index contributed by atoms with van der Waals surface area (Å²) in [6.07, 6.45) is 6.11. The molecule has 0 aliphatic carbocycles. The number of rotatable bonds is 13. The van der Waals surface area contributed by atoms with Crippen LogP contribution in [-0.4, -0.2) is 82.8 Å². The Kier molecular flexibility index (Phi) is 8.57. The number of esters is 1. The maximum atomic E-state index is 14.1. The maximum Gasteiger partial charge on any atom is 0.312 e. The van der Waals surface area contributed by atoms with Gasteiger partial charge >= 0.3 is 5.97 Å². The lowest BCUT2D eigenvalue weighted by Crippen LogP contribution is -2.59. The molecule has 34 heavy (non-hydrogen) atoms. The van der Waals surface area contributed by atoms with Crippen molar-refractivity contribution in [3.05, 3.63) is 25.3 Å². The number of fused-ring (bicyclic) bond motifs is 1. The SMILES string of the molecule is C=CCOC(=O)[C@@H]1[C@@H]2CCC3(O2)C(C(=O)N(CC=C)CCCC)N([C@@H](CO)CC(C)C)C(=O)[C@H]13. The van der Waals surface area contributed by atoms with Crippen molar-refractivity contribution in [3.63, 3.8) is 0 Å². The normalized spacial score (nSPS) is 30.4. The van der Waals surface area contributed by atoms with Crippen molar-refractivity contribution in [2.45, 2.75) is 76.7 Å². The fourth-order valence-corrected chi connectivity index (χ4v) is 6.06. The van der Waals surface area contributed by atoms with Gasteiger partial charge in [-0.2, -0.15) is 0 Å². The van der Waals surface area contributed by atoms with Crippen LogP contribution in [0.5, 0.6) is 0 Å². The number of unbranched alkanes of at least 4 members (excludes halogenated alkanes) is 1. The summed E-state index contributed by atoms with van der Waals surface area (Å²) in [5, 5.41) is 10.3. The lowest BCUT2D eigenvalue weighted by Gasteiger charge is -2.39. The first kappa shape index (κ1) is 26.4. The molecule has 8 nitrogen and oxygen atoms in total. The standard InChI is InChI=1S/C26H40N2O6/c1-6-9-13-27(12-7-2)24(31)22-26-11-10-19(34-26)20(25(32)33-14-8-3)21(26)23(30)28(22)18(16-29)15-17(4)5/h7-8,17-22,29H,2-3,6,9-16H2,1,4-5H3/t18-,19+,20-,21+,22?,26?/m1/s1. The summed E-state index contributed by atoms with van der Waals surface area (Å²) in [5.74, 6) is -2.34. The fraction of sp³-hybridized carbons (Fsp3) is 0.731. The van der Waals surface area contributed by atoms with E-state index in [1.54, 1.807) is 15.9 Å². The molecule has 1 spiro atoms. The monoisotopic (exact) mass is 476 g/mol. The van der Waals surface area contributed by atoms with Crippen LogP contribution in [-0.2, 0) is 23.9 Å². The highest BCUT2D eigenvalue weighted by Gasteiger charge is 2.75. The van der Waals surface area contributed by atoms with Gasteiger partial charge in [-0.05, 0) is 31.6 Å². The topological polar surface area (TPSA) is 96.4 Å². The third-order valence-electron chi connectivity index (χ3n) is 7.38. The summed E-state index contributed by atoms with van der Waals surface area (Å²) >= 11 is 0. The van der Waals surface area contributed by atoms with E-state index in [-0.39, 0.29) is 30.9 Å². The maximum absolute atomic E-state index is 14.1. The molecule has 0 aromatic rings. The Bertz CT molecular complexity index is 798. The second kappa shape index (κ2) is 11.0. The molecule has 3 fully saturated rings. The van der Waals surface area contributed by atoms with Gasteiger partial charge in [-0.1, -0.05) is 45.9 Å². The summed E-state index contributed by atoms with van der Waals surface area (Å²) in [4.78, 5) is 44.3. The first-order valence-electron chi connectivity index (χ1n) is 12.5. The van der Waals surface area contributed by atoms with Gasteiger partial charge in [0.05, 0.1) is 30.6 Å². The molecule has 2 amide bonds. The zero-order valence-corrected chi connectivity index (χ0v) is 20.8. The van der Waals surface area contributed by atoms with Crippen molar-refractivity contribution < 1.29 is 29.0 Å². The Morgan fingerprint density at radius 3 is 2.68 bits per heavy atom. The Hall–Kier alpha value is -2.19. The van der Waals surface area contributed by atoms with Gasteiger partial charge in [-0.25, -0.2) is 0 Å². The van der Waals surface area contributed by atoms with Crippen molar-refractivity contribution in [3.8, 4) is 0 Å². The molecule has 0 saturated carbocycles. The third kappa shape index (κ3) is 4.54. The van der Waals surface area contributed by atoms with E-state index in [4.69, 9.17) is 9.47 Å². The number of amides is 2. The lowest BCUT2D eigenvalue weighted by molar-refractivity contribution is -0.156. The van der Waals surface area contributed by atoms with Crippen molar-refractivity contribution in [1.82, 2.24) is 9.80 Å². The number of hydrogen-bond acceptors (Lipinski definition) is 6. The summed E-state index contributed by atoms with van der Waals surface area (Å²) in [7, 11) is 0. The van der Waals surface area contributed by atoms with E-state index in [9.17, 15) is 19.5 Å². The minimum absolute atomic E-state index is 0.0543. The van der Waals surface area contributed by atoms with Gasteiger partial charge in [0.25, 0.3) is 0 Å². The quantitative estimate of drug-likeness (QED) is 0.324. The largest absolute Gasteiger partial charge is 0.461 e. The molecule has 2 unspecified atom stereocenters. The summed E-state index contributed by atoms with van der Waals surface area (Å²) in [5.41, 5.74) is -1.09. The summed E-state index contributed by atoms with van der Waals surface area (Å²) < 4.78 is 11.8. The summed E-state index contributed by atoms with van der Waals surface area (Å²) in [6.45, 7) is 14.2. The molecule has 0 radical (unpaired) electrons. The molecule has 1 N–H and O–H groups in total. The van der Waals surface area contributed by atoms with Crippen LogP contribution in [0.25, 0.3) is 0 Å². The number of aliphatic hydroxyl groups excluding tert-OH is 1. The van der Waals surface area contributed by atoms with Crippen LogP contribution in [0, 0.1) is 17.8 Å². The molecule has 3 aliphatic heterocycles. The van der Waals surface area contributed by atoms with Crippen LogP contribution < -0.4 is 0 Å². The van der Waals surface area contributed by atoms with E-state index >= 15 is 0 Å². The zero-order chi connectivity index (χ0) is 25.0. The molecular formula is C26H40N2O6. The second-order valence-corrected chi connectivity index (χ2v) is 10.1. The fourth-order valence-electron chi connectivity index (χ4n) is 6.06. The molecule has 2 bridgehead atoms. The van der Waals surface area contributed by atoms with Crippen molar-refractivity contribution in [1.29, 1.82) is 0 Å². The Morgan fingerprint density at radius 1 is 1.35 bits per heavy atom. The molecule has 3 saturated heterocycles. The number of likely N-dealkylation sites (tertiary alicyclic amines) is 1. The molecule has 3 aliphatic rings. The first-order chi connectivity index (χ1) is 16.3. The smallest absolute Gasteiger partial charge is 0.312 e. The first-order valence-corrected chi connectivity index (χ1v) is 12.5. The van der Waals surface area contributed by atoms with Crippen molar-refractivity contribution in [2.75, 3.05) is 26.3 Å². The Labute approximate surface area is 202 Å². The second-order valence-electron chi connectivity index (χ2n) is 10.1. The van der Waals surface area contributed by atoms with Gasteiger partial charge in [-0.15, -0.1) is 6.58 Å². The molecule has 8 heteroatoms. The minimum Gasteiger partial charge on any atom is -0.461 e. The van der Waals surface area contributed by atoms with E-state index in [1.807, 2.05) is 13.8 Å². The van der Waals surface area contributed by atoms with E-state index in [0.717, 1.165) is 12.8 Å². The van der Waals surface area contributed by atoms with Gasteiger partial charge in [0.2, 0.25) is 11.8 Å². The van der Waals surface area contributed by atoms with Gasteiger partial charge in [0, 0.05) is 13.1 Å². The predicted octanol–water partition coefficient (Wildman–Crippen LogP) is 2.31. The number of carbonyl (C=O) groups excluding carboxylic acids is 3. The molecule has 3 heterocycles. The molecule has 190 valence electrons. The average molecular weight is 477 g/mol. The highest BCUT2D eigenvalue weighted by molar-refractivity contribution is 5.98. The number of ether oxygens (including phenoxy) is 2. The number of nitrogens with zero attached hydrogens (tertiary/aromatic N) is 2. The van der Waals surface area contributed by atoms with Crippen molar-refractivity contribution >= 4 is 17.8 Å². The number of aliphatic hydroxyl groups is 1. The van der Waals surface area contributed by atoms with Gasteiger partial charge in [0.1, 0.15) is 18.2 Å². The molecule has 0 aromatic carbocycles. The van der Waals surface area contributed by atoms with Gasteiger partial charge < -0.3 is 24.4 Å². The van der Waals surface area contributed by atoms with Crippen LogP contribution in [0.3, 0.4) is 0 Å². The van der Waals surface area contributed by atoms with Crippen LogP contribution in [0.2, 0.25) is 0 Å². The zero-order valence-electron chi connectivity index (χ0n) is 20.8. The minimum atomic E-state index is -1.09. The van der Waals surface area contributed by atoms with Crippen LogP contribution in [0.4, 0.5) is 0 Å². The van der Waals surface area contributed by atoms with E-state index in [0.29, 0.717) is 32.4 Å². The van der Waals surface area contributed by atoms with Crippen LogP contribution in [0.1, 0.15) is 52.9 Å². The van der Waals surface area contributed by atoms with Crippen molar-refractivity contribution in [2.24, 2.45) is 17.8 Å². The highest BCUT2D eigenvalue weighted by atomic mass is 16.6. The van der Waals surface area contributed by atoms with E-state index in [1.165, 1.54) is 6.08 Å². The molecule has 3 rings (SSSR count). The molecule has 0 aromatic heterocycles. The van der Waals surface area contributed by atoms with E-state index < -0.39 is 41.6 Å². The lowest BCUT2D eigenvalue weighted by atomic mass is 9.70. The number of carbonyl (C=O) groups is 3. The highest BCUT2D eigenvalue weighted by Crippen LogP contribution is 2.59. The number of hydrogen-bond donors (Lipinski definition) is 1. The van der Waals surface area contributed by atoms with Gasteiger partial charge in [-0.3, -0.25) is 14.4 Å².